The highest BCUT2D eigenvalue weighted by atomic mass is 16.5. The van der Waals surface area contributed by atoms with Crippen molar-refractivity contribution in [3.63, 3.8) is 0 Å². The third-order valence-electron chi connectivity index (χ3n) is 1.93. The molecule has 4 heteroatoms. The summed E-state index contributed by atoms with van der Waals surface area (Å²) in [5.74, 6) is 0.631. The fourth-order valence-electron chi connectivity index (χ4n) is 1.20. The second-order valence-corrected chi connectivity index (χ2v) is 3.36. The van der Waals surface area contributed by atoms with Crippen LogP contribution in [0.1, 0.15) is 32.1 Å². The van der Waals surface area contributed by atoms with Gasteiger partial charge in [0.15, 0.2) is 0 Å². The van der Waals surface area contributed by atoms with Crippen LogP contribution in [0.25, 0.3) is 0 Å². The molecule has 1 N–H and O–H groups in total. The lowest BCUT2D eigenvalue weighted by molar-refractivity contribution is -0.126. The summed E-state index contributed by atoms with van der Waals surface area (Å²) in [6.07, 6.45) is 2.51. The molecule has 0 radical (unpaired) electrons. The normalized spacial score (nSPS) is 12.4. The summed E-state index contributed by atoms with van der Waals surface area (Å²) >= 11 is 0. The SMILES string of the molecule is CCCOCC(=O)N[C@@H](C)c1ccco1. The Hall–Kier alpha value is -1.29. The van der Waals surface area contributed by atoms with Gasteiger partial charge in [0.1, 0.15) is 12.4 Å². The second-order valence-electron chi connectivity index (χ2n) is 3.36. The number of nitrogens with one attached hydrogen (secondary N) is 1. The Morgan fingerprint density at radius 1 is 1.67 bits per heavy atom. The lowest BCUT2D eigenvalue weighted by Crippen LogP contribution is -2.30. The Bertz CT molecular complexity index is 282. The lowest BCUT2D eigenvalue weighted by atomic mass is 10.2. The zero-order valence-corrected chi connectivity index (χ0v) is 9.16. The molecule has 1 aromatic heterocycles. The molecule has 1 aromatic rings. The maximum absolute atomic E-state index is 11.3. The minimum atomic E-state index is -0.118. The van der Waals surface area contributed by atoms with Crippen LogP contribution in [0.5, 0.6) is 0 Å². The minimum absolute atomic E-state index is 0.110. The average Bonchev–Trinajstić information content (AvgIpc) is 2.70. The number of rotatable bonds is 6. The highest BCUT2D eigenvalue weighted by molar-refractivity contribution is 5.77. The summed E-state index contributed by atoms with van der Waals surface area (Å²) in [7, 11) is 0. The Morgan fingerprint density at radius 3 is 3.07 bits per heavy atom. The van der Waals surface area contributed by atoms with Crippen molar-refractivity contribution in [1.82, 2.24) is 5.32 Å². The fraction of sp³-hybridized carbons (Fsp3) is 0.545. The first kappa shape index (κ1) is 11.8. The van der Waals surface area contributed by atoms with E-state index in [2.05, 4.69) is 5.32 Å². The van der Waals surface area contributed by atoms with Crippen LogP contribution in [0.3, 0.4) is 0 Å². The van der Waals surface area contributed by atoms with Gasteiger partial charge in [-0.05, 0) is 25.5 Å². The molecule has 0 aliphatic rings. The average molecular weight is 211 g/mol. The van der Waals surface area contributed by atoms with Crippen molar-refractivity contribution < 1.29 is 13.9 Å². The summed E-state index contributed by atoms with van der Waals surface area (Å²) in [6, 6.07) is 3.52. The number of furan rings is 1. The van der Waals surface area contributed by atoms with Crippen LogP contribution in [0.4, 0.5) is 0 Å². The van der Waals surface area contributed by atoms with E-state index in [0.717, 1.165) is 12.2 Å². The van der Waals surface area contributed by atoms with Crippen LogP contribution in [0, 0.1) is 0 Å². The molecule has 0 aromatic carbocycles. The Morgan fingerprint density at radius 2 is 2.47 bits per heavy atom. The van der Waals surface area contributed by atoms with Crippen LogP contribution in [-0.2, 0) is 9.53 Å². The summed E-state index contributed by atoms with van der Waals surface area (Å²) in [5.41, 5.74) is 0. The van der Waals surface area contributed by atoms with E-state index in [4.69, 9.17) is 9.15 Å². The standard InChI is InChI=1S/C11H17NO3/c1-3-6-14-8-11(13)12-9(2)10-5-4-7-15-10/h4-5,7,9H,3,6,8H2,1-2H3,(H,12,13)/t9-/m0/s1. The van der Waals surface area contributed by atoms with Crippen molar-refractivity contribution in [3.05, 3.63) is 24.2 Å². The molecule has 0 aliphatic heterocycles. The molecule has 0 bridgehead atoms. The molecule has 1 rings (SSSR count). The van der Waals surface area contributed by atoms with Gasteiger partial charge in [-0.15, -0.1) is 0 Å². The Kier molecular flexibility index (Phi) is 4.90. The molecule has 0 fully saturated rings. The van der Waals surface area contributed by atoms with Crippen LogP contribution in [0.2, 0.25) is 0 Å². The van der Waals surface area contributed by atoms with Gasteiger partial charge in [0.05, 0.1) is 12.3 Å². The minimum Gasteiger partial charge on any atom is -0.467 e. The molecule has 0 saturated heterocycles. The van der Waals surface area contributed by atoms with E-state index < -0.39 is 0 Å². The van der Waals surface area contributed by atoms with Crippen molar-refractivity contribution in [1.29, 1.82) is 0 Å². The number of carbonyl (C=O) groups excluding carboxylic acids is 1. The zero-order valence-electron chi connectivity index (χ0n) is 9.16. The molecule has 4 nitrogen and oxygen atoms in total. The van der Waals surface area contributed by atoms with Crippen LogP contribution in [-0.4, -0.2) is 19.1 Å². The third kappa shape index (κ3) is 4.16. The number of amides is 1. The van der Waals surface area contributed by atoms with Gasteiger partial charge in [0, 0.05) is 6.61 Å². The van der Waals surface area contributed by atoms with Gasteiger partial charge in [-0.25, -0.2) is 0 Å². The first-order valence-corrected chi connectivity index (χ1v) is 5.14. The third-order valence-corrected chi connectivity index (χ3v) is 1.93. The first-order valence-electron chi connectivity index (χ1n) is 5.14. The highest BCUT2D eigenvalue weighted by Gasteiger charge is 2.11. The van der Waals surface area contributed by atoms with Crippen molar-refractivity contribution in [2.24, 2.45) is 0 Å². The molecule has 0 aliphatic carbocycles. The second kappa shape index (κ2) is 6.24. The molecule has 1 heterocycles. The quantitative estimate of drug-likeness (QED) is 0.731. The molecule has 0 spiro atoms. The van der Waals surface area contributed by atoms with E-state index in [0.29, 0.717) is 6.61 Å². The van der Waals surface area contributed by atoms with E-state index in [1.165, 1.54) is 0 Å². The monoisotopic (exact) mass is 211 g/mol. The maximum atomic E-state index is 11.3. The van der Waals surface area contributed by atoms with Gasteiger partial charge < -0.3 is 14.5 Å². The maximum Gasteiger partial charge on any atom is 0.246 e. The molecular formula is C11H17NO3. The van der Waals surface area contributed by atoms with E-state index in [1.807, 2.05) is 19.9 Å². The predicted molar refractivity (Wildman–Crippen MR) is 56.4 cm³/mol. The van der Waals surface area contributed by atoms with Crippen LogP contribution >= 0.6 is 0 Å². The van der Waals surface area contributed by atoms with Crippen LogP contribution < -0.4 is 5.32 Å². The van der Waals surface area contributed by atoms with Crippen molar-refractivity contribution >= 4 is 5.91 Å². The van der Waals surface area contributed by atoms with E-state index >= 15 is 0 Å². The highest BCUT2D eigenvalue weighted by Crippen LogP contribution is 2.11. The summed E-state index contributed by atoms with van der Waals surface area (Å²) in [6.45, 7) is 4.60. The Balaban J connectivity index is 2.26. The van der Waals surface area contributed by atoms with Crippen molar-refractivity contribution in [2.45, 2.75) is 26.3 Å². The van der Waals surface area contributed by atoms with E-state index in [9.17, 15) is 4.79 Å². The summed E-state index contributed by atoms with van der Waals surface area (Å²) in [5, 5.41) is 2.78. The first-order chi connectivity index (χ1) is 7.24. The van der Waals surface area contributed by atoms with E-state index in [-0.39, 0.29) is 18.6 Å². The Labute approximate surface area is 89.6 Å². The number of hydrogen-bond acceptors (Lipinski definition) is 3. The number of ether oxygens (including phenoxy) is 1. The molecule has 0 saturated carbocycles. The number of carbonyl (C=O) groups is 1. The van der Waals surface area contributed by atoms with Gasteiger partial charge in [0.25, 0.3) is 0 Å². The van der Waals surface area contributed by atoms with Crippen molar-refractivity contribution in [3.8, 4) is 0 Å². The van der Waals surface area contributed by atoms with Gasteiger partial charge in [0.2, 0.25) is 5.91 Å². The zero-order chi connectivity index (χ0) is 11.1. The molecule has 1 amide bonds. The van der Waals surface area contributed by atoms with Gasteiger partial charge in [-0.2, -0.15) is 0 Å². The smallest absolute Gasteiger partial charge is 0.246 e. The largest absolute Gasteiger partial charge is 0.467 e. The summed E-state index contributed by atoms with van der Waals surface area (Å²) in [4.78, 5) is 11.3. The topological polar surface area (TPSA) is 51.5 Å². The molecule has 15 heavy (non-hydrogen) atoms. The van der Waals surface area contributed by atoms with Crippen LogP contribution in [0.15, 0.2) is 22.8 Å². The number of hydrogen-bond donors (Lipinski definition) is 1. The molecular weight excluding hydrogens is 194 g/mol. The van der Waals surface area contributed by atoms with Gasteiger partial charge >= 0.3 is 0 Å². The molecule has 84 valence electrons. The molecule has 0 unspecified atom stereocenters. The summed E-state index contributed by atoms with van der Waals surface area (Å²) < 4.78 is 10.3. The van der Waals surface area contributed by atoms with E-state index in [1.54, 1.807) is 12.3 Å². The molecule has 1 atom stereocenters. The van der Waals surface area contributed by atoms with Gasteiger partial charge in [-0.1, -0.05) is 6.92 Å². The fourth-order valence-corrected chi connectivity index (χ4v) is 1.20. The van der Waals surface area contributed by atoms with Crippen molar-refractivity contribution in [2.75, 3.05) is 13.2 Å². The lowest BCUT2D eigenvalue weighted by Gasteiger charge is -2.11. The van der Waals surface area contributed by atoms with Gasteiger partial charge in [-0.3, -0.25) is 4.79 Å². The predicted octanol–water partition coefficient (Wildman–Crippen LogP) is 1.88.